The van der Waals surface area contributed by atoms with Crippen molar-refractivity contribution in [3.05, 3.63) is 100 Å². The van der Waals surface area contributed by atoms with Gasteiger partial charge in [0, 0.05) is 24.3 Å². The zero-order valence-corrected chi connectivity index (χ0v) is 22.9. The van der Waals surface area contributed by atoms with E-state index in [1.54, 1.807) is 0 Å². The number of carbonyl (C=O) groups excluding carboxylic acids is 1. The average Bonchev–Trinajstić information content (AvgIpc) is 3.47. The van der Waals surface area contributed by atoms with Crippen LogP contribution in [0.5, 0.6) is 11.5 Å². The number of aromatic hydroxyl groups is 1. The number of fused-ring (bicyclic) bond motifs is 1. The van der Waals surface area contributed by atoms with Gasteiger partial charge in [-0.25, -0.2) is 0 Å². The molecule has 39 heavy (non-hydrogen) atoms. The molecule has 0 spiro atoms. The molecule has 2 N–H and O–H groups in total. The van der Waals surface area contributed by atoms with Crippen LogP contribution in [0.3, 0.4) is 0 Å². The summed E-state index contributed by atoms with van der Waals surface area (Å²) in [5.41, 5.74) is 6.20. The molecule has 1 amide bonds. The zero-order chi connectivity index (χ0) is 27.5. The molecular formula is C32H35N3O4. The molecule has 0 bridgehead atoms. The van der Waals surface area contributed by atoms with Crippen LogP contribution in [0.1, 0.15) is 64.6 Å². The number of aromatic nitrogens is 2. The maximum atomic E-state index is 13.7. The third kappa shape index (κ3) is 5.54. The molecule has 2 heterocycles. The summed E-state index contributed by atoms with van der Waals surface area (Å²) in [4.78, 5) is 15.6. The molecule has 3 aromatic carbocycles. The first-order valence-electron chi connectivity index (χ1n) is 13.4. The Morgan fingerprint density at radius 3 is 2.62 bits per heavy atom. The largest absolute Gasteiger partial charge is 0.507 e. The predicted octanol–water partition coefficient (Wildman–Crippen LogP) is 6.34. The normalized spacial score (nSPS) is 14.7. The van der Waals surface area contributed by atoms with Gasteiger partial charge in [0.05, 0.1) is 12.1 Å². The molecule has 1 aliphatic heterocycles. The zero-order valence-electron chi connectivity index (χ0n) is 22.9. The number of phenols is 1. The van der Waals surface area contributed by atoms with Crippen LogP contribution in [-0.4, -0.2) is 45.4 Å². The van der Waals surface area contributed by atoms with Gasteiger partial charge in [-0.05, 0) is 74.6 Å². The molecule has 1 aliphatic rings. The molecule has 5 rings (SSSR count). The van der Waals surface area contributed by atoms with E-state index in [4.69, 9.17) is 9.47 Å². The maximum absolute atomic E-state index is 13.7. The minimum absolute atomic E-state index is 0.113. The number of nitrogens with zero attached hydrogens (tertiary/aromatic N) is 2. The Labute approximate surface area is 229 Å². The lowest BCUT2D eigenvalue weighted by atomic mass is 9.94. The van der Waals surface area contributed by atoms with Crippen LogP contribution >= 0.6 is 0 Å². The predicted molar refractivity (Wildman–Crippen MR) is 151 cm³/mol. The lowest BCUT2D eigenvalue weighted by Gasteiger charge is -2.27. The van der Waals surface area contributed by atoms with Gasteiger partial charge in [0.1, 0.15) is 29.5 Å². The second kappa shape index (κ2) is 11.3. The van der Waals surface area contributed by atoms with E-state index >= 15 is 0 Å². The van der Waals surface area contributed by atoms with E-state index in [1.807, 2.05) is 99.3 Å². The number of hydrogen-bond donors (Lipinski definition) is 2. The number of hydrogen-bond acceptors (Lipinski definition) is 5. The Hall–Kier alpha value is -4.10. The number of H-pyrrole nitrogens is 1. The summed E-state index contributed by atoms with van der Waals surface area (Å²) in [5, 5.41) is 18.5. The standard InChI is InChI=1S/C32H35N3O4/c1-20(2)38-15-9-14-35-30(24-12-8-13-25(18-24)39-19-23-10-6-5-7-11-23)27-28(33-34-29(27)32(35)37)26-17-21(3)16-22(4)31(26)36/h5-8,10-13,16-18,20,30,36H,9,14-15,19H2,1-4H3,(H,33,34). The van der Waals surface area contributed by atoms with Crippen LogP contribution in [0.15, 0.2) is 66.7 Å². The third-order valence-corrected chi connectivity index (χ3v) is 6.98. The molecule has 202 valence electrons. The fraction of sp³-hybridized carbons (Fsp3) is 0.312. The van der Waals surface area contributed by atoms with E-state index in [0.29, 0.717) is 43.1 Å². The number of carbonyl (C=O) groups is 1. The van der Waals surface area contributed by atoms with Crippen molar-refractivity contribution in [1.29, 1.82) is 0 Å². The molecule has 1 atom stereocenters. The highest BCUT2D eigenvalue weighted by Gasteiger charge is 2.42. The SMILES string of the molecule is Cc1cc(C)c(O)c(-c2n[nH]c3c2C(c2cccc(OCc4ccccc4)c2)N(CCCOC(C)C)C3=O)c1. The highest BCUT2D eigenvalue weighted by Crippen LogP contribution is 2.45. The number of rotatable bonds is 10. The molecule has 7 heteroatoms. The van der Waals surface area contributed by atoms with Gasteiger partial charge in [0.15, 0.2) is 0 Å². The van der Waals surface area contributed by atoms with E-state index in [1.165, 1.54) is 0 Å². The van der Waals surface area contributed by atoms with E-state index in [0.717, 1.165) is 33.6 Å². The molecule has 0 saturated heterocycles. The fourth-order valence-electron chi connectivity index (χ4n) is 5.19. The van der Waals surface area contributed by atoms with Gasteiger partial charge in [-0.3, -0.25) is 9.89 Å². The van der Waals surface area contributed by atoms with Gasteiger partial charge in [-0.2, -0.15) is 5.10 Å². The Morgan fingerprint density at radius 1 is 1.05 bits per heavy atom. The minimum Gasteiger partial charge on any atom is -0.507 e. The molecule has 0 saturated carbocycles. The minimum atomic E-state index is -0.388. The van der Waals surface area contributed by atoms with Crippen molar-refractivity contribution >= 4 is 5.91 Å². The van der Waals surface area contributed by atoms with E-state index in [9.17, 15) is 9.90 Å². The maximum Gasteiger partial charge on any atom is 0.273 e. The summed E-state index contributed by atoms with van der Waals surface area (Å²) >= 11 is 0. The van der Waals surface area contributed by atoms with Crippen molar-refractivity contribution in [1.82, 2.24) is 15.1 Å². The first-order chi connectivity index (χ1) is 18.8. The van der Waals surface area contributed by atoms with Crippen LogP contribution in [0.2, 0.25) is 0 Å². The van der Waals surface area contributed by atoms with Crippen LogP contribution in [0.4, 0.5) is 0 Å². The Morgan fingerprint density at radius 2 is 1.85 bits per heavy atom. The molecule has 0 radical (unpaired) electrons. The number of amides is 1. The van der Waals surface area contributed by atoms with Crippen LogP contribution in [-0.2, 0) is 11.3 Å². The second-order valence-corrected chi connectivity index (χ2v) is 10.4. The van der Waals surface area contributed by atoms with Crippen LogP contribution in [0.25, 0.3) is 11.3 Å². The smallest absolute Gasteiger partial charge is 0.273 e. The topological polar surface area (TPSA) is 87.7 Å². The fourth-order valence-corrected chi connectivity index (χ4v) is 5.19. The molecule has 7 nitrogen and oxygen atoms in total. The second-order valence-electron chi connectivity index (χ2n) is 10.4. The van der Waals surface area contributed by atoms with Gasteiger partial charge in [-0.15, -0.1) is 0 Å². The van der Waals surface area contributed by atoms with Gasteiger partial charge in [0.25, 0.3) is 5.91 Å². The average molecular weight is 526 g/mol. The highest BCUT2D eigenvalue weighted by molar-refractivity contribution is 6.00. The quantitative estimate of drug-likeness (QED) is 0.236. The molecule has 4 aromatic rings. The summed E-state index contributed by atoms with van der Waals surface area (Å²) in [6.45, 7) is 9.39. The summed E-state index contributed by atoms with van der Waals surface area (Å²) in [6.07, 6.45) is 0.830. The summed E-state index contributed by atoms with van der Waals surface area (Å²) < 4.78 is 11.9. The van der Waals surface area contributed by atoms with E-state index < -0.39 is 0 Å². The number of aryl methyl sites for hydroxylation is 2. The molecule has 0 aliphatic carbocycles. The van der Waals surface area contributed by atoms with Crippen LogP contribution in [0, 0.1) is 13.8 Å². The summed E-state index contributed by atoms with van der Waals surface area (Å²) in [6, 6.07) is 21.4. The summed E-state index contributed by atoms with van der Waals surface area (Å²) in [7, 11) is 0. The first-order valence-corrected chi connectivity index (χ1v) is 13.4. The van der Waals surface area contributed by atoms with Crippen molar-refractivity contribution in [2.24, 2.45) is 0 Å². The Bertz CT molecular complexity index is 1460. The Balaban J connectivity index is 1.53. The van der Waals surface area contributed by atoms with Crippen molar-refractivity contribution < 1.29 is 19.4 Å². The van der Waals surface area contributed by atoms with Gasteiger partial charge < -0.3 is 19.5 Å². The van der Waals surface area contributed by atoms with Gasteiger partial charge in [0.2, 0.25) is 0 Å². The van der Waals surface area contributed by atoms with E-state index in [2.05, 4.69) is 10.2 Å². The number of benzene rings is 3. The molecule has 1 aromatic heterocycles. The van der Waals surface area contributed by atoms with Crippen molar-refractivity contribution in [3.8, 4) is 22.8 Å². The van der Waals surface area contributed by atoms with Gasteiger partial charge in [-0.1, -0.05) is 48.5 Å². The highest BCUT2D eigenvalue weighted by atomic mass is 16.5. The lowest BCUT2D eigenvalue weighted by molar-refractivity contribution is 0.0601. The van der Waals surface area contributed by atoms with Gasteiger partial charge >= 0.3 is 0 Å². The van der Waals surface area contributed by atoms with Crippen LogP contribution < -0.4 is 4.74 Å². The lowest BCUT2D eigenvalue weighted by Crippen LogP contribution is -2.31. The first kappa shape index (κ1) is 26.5. The monoisotopic (exact) mass is 525 g/mol. The molecule has 1 unspecified atom stereocenters. The third-order valence-electron chi connectivity index (χ3n) is 6.98. The van der Waals surface area contributed by atoms with Crippen molar-refractivity contribution in [3.63, 3.8) is 0 Å². The van der Waals surface area contributed by atoms with E-state index in [-0.39, 0.29) is 23.8 Å². The Kier molecular flexibility index (Phi) is 7.70. The number of nitrogens with one attached hydrogen (secondary N) is 1. The molecule has 0 fully saturated rings. The van der Waals surface area contributed by atoms with Crippen molar-refractivity contribution in [2.45, 2.75) is 52.9 Å². The summed E-state index contributed by atoms with van der Waals surface area (Å²) in [5.74, 6) is 0.780. The number of aromatic amines is 1. The number of ether oxygens (including phenoxy) is 2. The molecular weight excluding hydrogens is 490 g/mol. The number of phenolic OH excluding ortho intramolecular Hbond substituents is 1. The van der Waals surface area contributed by atoms with Crippen molar-refractivity contribution in [2.75, 3.05) is 13.2 Å².